The minimum Gasteiger partial charge on any atom is -0.467 e. The number of nitrogens with one attached hydrogen (secondary N) is 1. The SMILES string of the molecule is CCC(NCCOC)(C(=O)OC)c1cccc(Br)c1. The standard InChI is InChI=1S/C14H20BrNO3/c1-4-14(13(17)19-3,16-8-9-18-2)11-6-5-7-12(15)10-11/h5-7,10,16H,4,8-9H2,1-3H3. The van der Waals surface area contributed by atoms with Crippen molar-refractivity contribution in [2.75, 3.05) is 27.4 Å². The van der Waals surface area contributed by atoms with Crippen molar-refractivity contribution in [2.45, 2.75) is 18.9 Å². The van der Waals surface area contributed by atoms with E-state index in [4.69, 9.17) is 9.47 Å². The van der Waals surface area contributed by atoms with E-state index >= 15 is 0 Å². The summed E-state index contributed by atoms with van der Waals surface area (Å²) < 4.78 is 10.9. The Balaban J connectivity index is 3.12. The average Bonchev–Trinajstić information content (AvgIpc) is 2.43. The molecule has 1 atom stereocenters. The lowest BCUT2D eigenvalue weighted by atomic mass is 9.87. The van der Waals surface area contributed by atoms with Crippen LogP contribution < -0.4 is 5.32 Å². The van der Waals surface area contributed by atoms with Crippen LogP contribution in [0.1, 0.15) is 18.9 Å². The third kappa shape index (κ3) is 3.78. The summed E-state index contributed by atoms with van der Waals surface area (Å²) in [5.41, 5.74) is 0.0455. The number of benzene rings is 1. The van der Waals surface area contributed by atoms with Crippen molar-refractivity contribution < 1.29 is 14.3 Å². The second-order valence-corrected chi connectivity index (χ2v) is 5.10. The highest BCUT2D eigenvalue weighted by molar-refractivity contribution is 9.10. The summed E-state index contributed by atoms with van der Waals surface area (Å²) in [6.45, 7) is 3.07. The Morgan fingerprint density at radius 2 is 2.16 bits per heavy atom. The number of halogens is 1. The van der Waals surface area contributed by atoms with Gasteiger partial charge in [-0.3, -0.25) is 5.32 Å². The Kier molecular flexibility index (Phi) is 6.48. The summed E-state index contributed by atoms with van der Waals surface area (Å²) in [6, 6.07) is 7.69. The van der Waals surface area contributed by atoms with Crippen LogP contribution in [-0.2, 0) is 19.8 Å². The van der Waals surface area contributed by atoms with Gasteiger partial charge < -0.3 is 9.47 Å². The first-order valence-electron chi connectivity index (χ1n) is 6.19. The molecule has 0 amide bonds. The van der Waals surface area contributed by atoms with Gasteiger partial charge in [-0.05, 0) is 24.1 Å². The molecule has 4 nitrogen and oxygen atoms in total. The van der Waals surface area contributed by atoms with Gasteiger partial charge in [0.15, 0.2) is 0 Å². The van der Waals surface area contributed by atoms with Crippen LogP contribution in [0.3, 0.4) is 0 Å². The van der Waals surface area contributed by atoms with Crippen LogP contribution in [0.15, 0.2) is 28.7 Å². The van der Waals surface area contributed by atoms with Gasteiger partial charge in [-0.15, -0.1) is 0 Å². The maximum atomic E-state index is 12.2. The second kappa shape index (κ2) is 7.62. The van der Waals surface area contributed by atoms with Gasteiger partial charge in [0.2, 0.25) is 0 Å². The molecule has 0 aromatic heterocycles. The molecule has 0 aliphatic heterocycles. The van der Waals surface area contributed by atoms with Gasteiger partial charge in [-0.1, -0.05) is 35.0 Å². The van der Waals surface area contributed by atoms with Gasteiger partial charge >= 0.3 is 5.97 Å². The smallest absolute Gasteiger partial charge is 0.330 e. The molecule has 1 aromatic rings. The number of hydrogen-bond acceptors (Lipinski definition) is 4. The Morgan fingerprint density at radius 1 is 1.42 bits per heavy atom. The van der Waals surface area contributed by atoms with Gasteiger partial charge in [0.1, 0.15) is 5.54 Å². The Hall–Kier alpha value is -0.910. The molecular formula is C14H20BrNO3. The molecule has 0 heterocycles. The van der Waals surface area contributed by atoms with Crippen molar-refractivity contribution in [3.63, 3.8) is 0 Å². The van der Waals surface area contributed by atoms with E-state index in [-0.39, 0.29) is 5.97 Å². The highest BCUT2D eigenvalue weighted by atomic mass is 79.9. The lowest BCUT2D eigenvalue weighted by molar-refractivity contribution is -0.149. The molecule has 1 N–H and O–H groups in total. The van der Waals surface area contributed by atoms with Crippen molar-refractivity contribution >= 4 is 21.9 Å². The zero-order chi connectivity index (χ0) is 14.3. The quantitative estimate of drug-likeness (QED) is 0.616. The van der Waals surface area contributed by atoms with Crippen LogP contribution in [0.5, 0.6) is 0 Å². The minimum atomic E-state index is -0.836. The molecular weight excluding hydrogens is 310 g/mol. The first-order chi connectivity index (χ1) is 9.10. The van der Waals surface area contributed by atoms with Gasteiger partial charge in [0.05, 0.1) is 13.7 Å². The molecule has 106 valence electrons. The number of rotatable bonds is 7. The number of carbonyl (C=O) groups is 1. The molecule has 1 aromatic carbocycles. The van der Waals surface area contributed by atoms with Gasteiger partial charge in [0.25, 0.3) is 0 Å². The molecule has 19 heavy (non-hydrogen) atoms. The number of methoxy groups -OCH3 is 2. The van der Waals surface area contributed by atoms with Gasteiger partial charge in [-0.25, -0.2) is 4.79 Å². The lowest BCUT2D eigenvalue weighted by Crippen LogP contribution is -2.50. The molecule has 1 unspecified atom stereocenters. The van der Waals surface area contributed by atoms with Gasteiger partial charge in [-0.2, -0.15) is 0 Å². The highest BCUT2D eigenvalue weighted by Gasteiger charge is 2.39. The molecule has 5 heteroatoms. The van der Waals surface area contributed by atoms with Crippen LogP contribution in [0, 0.1) is 0 Å². The number of carbonyl (C=O) groups excluding carboxylic acids is 1. The summed E-state index contributed by atoms with van der Waals surface area (Å²) >= 11 is 3.43. The highest BCUT2D eigenvalue weighted by Crippen LogP contribution is 2.28. The Bertz CT molecular complexity index is 425. The maximum Gasteiger partial charge on any atom is 0.330 e. The summed E-state index contributed by atoms with van der Waals surface area (Å²) in [5, 5.41) is 3.26. The molecule has 1 rings (SSSR count). The van der Waals surface area contributed by atoms with Crippen LogP contribution in [-0.4, -0.2) is 33.3 Å². The first-order valence-corrected chi connectivity index (χ1v) is 6.98. The maximum absolute atomic E-state index is 12.2. The lowest BCUT2D eigenvalue weighted by Gasteiger charge is -2.31. The fraction of sp³-hybridized carbons (Fsp3) is 0.500. The molecule has 0 fully saturated rings. The summed E-state index contributed by atoms with van der Waals surface area (Å²) in [7, 11) is 3.04. The van der Waals surface area contributed by atoms with E-state index in [9.17, 15) is 4.79 Å². The summed E-state index contributed by atoms with van der Waals surface area (Å²) in [5.74, 6) is -0.288. The fourth-order valence-corrected chi connectivity index (χ4v) is 2.46. The predicted octanol–water partition coefficient (Wildman–Crippen LogP) is 2.46. The number of esters is 1. The zero-order valence-corrected chi connectivity index (χ0v) is 13.1. The largest absolute Gasteiger partial charge is 0.467 e. The molecule has 0 radical (unpaired) electrons. The third-order valence-electron chi connectivity index (χ3n) is 3.11. The van der Waals surface area contributed by atoms with E-state index in [1.807, 2.05) is 31.2 Å². The van der Waals surface area contributed by atoms with Gasteiger partial charge in [0, 0.05) is 18.1 Å². The van der Waals surface area contributed by atoms with E-state index in [1.54, 1.807) is 7.11 Å². The van der Waals surface area contributed by atoms with E-state index in [0.29, 0.717) is 19.6 Å². The molecule has 0 spiro atoms. The van der Waals surface area contributed by atoms with E-state index in [2.05, 4.69) is 21.2 Å². The number of ether oxygens (including phenoxy) is 2. The monoisotopic (exact) mass is 329 g/mol. The normalized spacial score (nSPS) is 13.9. The van der Waals surface area contributed by atoms with E-state index in [1.165, 1.54) is 7.11 Å². The van der Waals surface area contributed by atoms with Crippen molar-refractivity contribution in [1.82, 2.24) is 5.32 Å². The molecule has 0 aliphatic rings. The molecule has 0 saturated heterocycles. The third-order valence-corrected chi connectivity index (χ3v) is 3.61. The zero-order valence-electron chi connectivity index (χ0n) is 11.5. The first kappa shape index (κ1) is 16.1. The van der Waals surface area contributed by atoms with Crippen molar-refractivity contribution in [1.29, 1.82) is 0 Å². The van der Waals surface area contributed by atoms with Crippen molar-refractivity contribution in [3.05, 3.63) is 34.3 Å². The second-order valence-electron chi connectivity index (χ2n) is 4.18. The predicted molar refractivity (Wildman–Crippen MR) is 78.0 cm³/mol. The van der Waals surface area contributed by atoms with Crippen LogP contribution in [0.4, 0.5) is 0 Å². The average molecular weight is 330 g/mol. The van der Waals surface area contributed by atoms with Crippen LogP contribution in [0.25, 0.3) is 0 Å². The number of hydrogen-bond donors (Lipinski definition) is 1. The minimum absolute atomic E-state index is 0.288. The molecule has 0 saturated carbocycles. The summed E-state index contributed by atoms with van der Waals surface area (Å²) in [4.78, 5) is 12.2. The molecule has 0 aliphatic carbocycles. The Labute approximate surface area is 122 Å². The fourth-order valence-electron chi connectivity index (χ4n) is 2.06. The molecule has 0 bridgehead atoms. The van der Waals surface area contributed by atoms with Crippen molar-refractivity contribution in [2.24, 2.45) is 0 Å². The van der Waals surface area contributed by atoms with Crippen LogP contribution >= 0.6 is 15.9 Å². The van der Waals surface area contributed by atoms with Crippen LogP contribution in [0.2, 0.25) is 0 Å². The van der Waals surface area contributed by atoms with Crippen molar-refractivity contribution in [3.8, 4) is 0 Å². The Morgan fingerprint density at radius 3 is 2.68 bits per heavy atom. The van der Waals surface area contributed by atoms with E-state index < -0.39 is 5.54 Å². The summed E-state index contributed by atoms with van der Waals surface area (Å²) in [6.07, 6.45) is 0.597. The topological polar surface area (TPSA) is 47.6 Å². The van der Waals surface area contributed by atoms with E-state index in [0.717, 1.165) is 10.0 Å².